The number of aryl methyl sites for hydroxylation is 1. The second-order valence-corrected chi connectivity index (χ2v) is 12.6. The van der Waals surface area contributed by atoms with E-state index in [9.17, 15) is 14.4 Å². The summed E-state index contributed by atoms with van der Waals surface area (Å²) in [5, 5.41) is 0.839. The minimum absolute atomic E-state index is 0.0615. The first-order valence-corrected chi connectivity index (χ1v) is 14.0. The van der Waals surface area contributed by atoms with E-state index < -0.39 is 17.6 Å². The lowest BCUT2D eigenvalue weighted by Crippen LogP contribution is -2.51. The van der Waals surface area contributed by atoms with E-state index in [2.05, 4.69) is 15.9 Å². The average Bonchev–Trinajstić information content (AvgIpc) is 3.65. The van der Waals surface area contributed by atoms with Crippen molar-refractivity contribution in [3.63, 3.8) is 0 Å². The van der Waals surface area contributed by atoms with Crippen LogP contribution in [0.2, 0.25) is 10.0 Å². The van der Waals surface area contributed by atoms with Gasteiger partial charge in [0.05, 0.1) is 16.0 Å². The highest BCUT2D eigenvalue weighted by Gasteiger charge is 2.43. The lowest BCUT2D eigenvalue weighted by molar-refractivity contribution is -0.139. The Hall–Kier alpha value is -2.03. The zero-order valence-electron chi connectivity index (χ0n) is 21.5. The molecular weight excluding hydrogens is 581 g/mol. The number of halogens is 3. The van der Waals surface area contributed by atoms with E-state index >= 15 is 0 Å². The fraction of sp³-hybridized carbons (Fsp3) is 0.519. The van der Waals surface area contributed by atoms with Crippen molar-refractivity contribution in [2.24, 2.45) is 13.0 Å². The smallest absolute Gasteiger partial charge is 0.410 e. The third kappa shape index (κ3) is 6.70. The molecule has 0 radical (unpaired) electrons. The molecule has 4 rings (SSSR count). The van der Waals surface area contributed by atoms with Crippen molar-refractivity contribution in [2.45, 2.75) is 64.1 Å². The summed E-state index contributed by atoms with van der Waals surface area (Å²) in [6.07, 6.45) is 3.65. The van der Waals surface area contributed by atoms with Gasteiger partial charge in [0.15, 0.2) is 0 Å². The molecule has 0 N–H and O–H groups in total. The number of carbonyl (C=O) groups excluding carboxylic acids is 2. The van der Waals surface area contributed by atoms with Crippen LogP contribution in [0.5, 0.6) is 0 Å². The monoisotopic (exact) mass is 611 g/mol. The first-order chi connectivity index (χ1) is 17.3. The van der Waals surface area contributed by atoms with Crippen molar-refractivity contribution < 1.29 is 14.3 Å². The quantitative estimate of drug-likeness (QED) is 0.389. The molecule has 2 aliphatic rings. The van der Waals surface area contributed by atoms with E-state index in [0.29, 0.717) is 29.6 Å². The number of carbonyl (C=O) groups is 2. The molecule has 0 bridgehead atoms. The molecule has 37 heavy (non-hydrogen) atoms. The molecule has 1 saturated heterocycles. The summed E-state index contributed by atoms with van der Waals surface area (Å²) in [5.74, 6) is -0.799. The third-order valence-corrected chi connectivity index (χ3v) is 8.12. The summed E-state index contributed by atoms with van der Waals surface area (Å²) >= 11 is 16.3. The molecule has 1 saturated carbocycles. The molecule has 2 amide bonds. The summed E-state index contributed by atoms with van der Waals surface area (Å²) in [6.45, 7) is 6.43. The molecule has 2 heterocycles. The second kappa shape index (κ2) is 11.0. The SMILES string of the molecule is Cn1ccc(C2CCN(C(=O)OC(C)(C)C)CC2C(=O)N(Cc2cc(Br)cc(Cl)c2Cl)C2CC2)cc1=O. The Balaban J connectivity index is 1.67. The Kier molecular flexibility index (Phi) is 8.31. The van der Waals surface area contributed by atoms with Crippen molar-refractivity contribution in [1.29, 1.82) is 0 Å². The second-order valence-electron chi connectivity index (χ2n) is 10.9. The van der Waals surface area contributed by atoms with E-state index in [-0.39, 0.29) is 30.0 Å². The molecular formula is C27H32BrCl2N3O4. The van der Waals surface area contributed by atoms with Gasteiger partial charge in [-0.3, -0.25) is 9.59 Å². The van der Waals surface area contributed by atoms with Crippen LogP contribution < -0.4 is 5.56 Å². The molecule has 1 aromatic carbocycles. The van der Waals surface area contributed by atoms with Crippen LogP contribution in [0.4, 0.5) is 4.79 Å². The molecule has 1 aliphatic heterocycles. The minimum atomic E-state index is -0.643. The molecule has 2 fully saturated rings. The van der Waals surface area contributed by atoms with Crippen LogP contribution in [0.3, 0.4) is 0 Å². The van der Waals surface area contributed by atoms with Crippen molar-refractivity contribution in [3.8, 4) is 0 Å². The number of piperidine rings is 1. The Bertz CT molecular complexity index is 1260. The topological polar surface area (TPSA) is 71.8 Å². The van der Waals surface area contributed by atoms with Gasteiger partial charge in [0.25, 0.3) is 5.56 Å². The number of likely N-dealkylation sites (tertiary alicyclic amines) is 1. The molecule has 2 unspecified atom stereocenters. The van der Waals surface area contributed by atoms with Crippen molar-refractivity contribution in [1.82, 2.24) is 14.4 Å². The van der Waals surface area contributed by atoms with Crippen LogP contribution in [-0.2, 0) is 23.1 Å². The highest BCUT2D eigenvalue weighted by molar-refractivity contribution is 9.10. The van der Waals surface area contributed by atoms with Gasteiger partial charge in [0, 0.05) is 49.5 Å². The average molecular weight is 613 g/mol. The first kappa shape index (κ1) is 28.0. The molecule has 1 aromatic heterocycles. The number of hydrogen-bond donors (Lipinski definition) is 0. The van der Waals surface area contributed by atoms with Crippen LogP contribution >= 0.6 is 39.1 Å². The Labute approximate surface area is 235 Å². The number of nitrogens with zero attached hydrogens (tertiary/aromatic N) is 3. The van der Waals surface area contributed by atoms with Gasteiger partial charge in [-0.25, -0.2) is 4.79 Å². The van der Waals surface area contributed by atoms with Gasteiger partial charge in [0.1, 0.15) is 5.60 Å². The lowest BCUT2D eigenvalue weighted by Gasteiger charge is -2.40. The maximum Gasteiger partial charge on any atom is 0.410 e. The van der Waals surface area contributed by atoms with Gasteiger partial charge in [-0.05, 0) is 75.3 Å². The number of pyridine rings is 1. The standard InChI is InChI=1S/C27H32BrCl2N3O4/c1-27(2,3)37-26(36)32-10-8-20(16-7-9-31(4)23(34)12-16)21(15-32)25(35)33(19-5-6-19)14-17-11-18(28)13-22(29)24(17)30/h7,9,11-13,19-21H,5-6,8,10,14-15H2,1-4H3. The van der Waals surface area contributed by atoms with Crippen LogP contribution in [0.1, 0.15) is 57.1 Å². The van der Waals surface area contributed by atoms with Crippen LogP contribution in [-0.4, -0.2) is 51.1 Å². The van der Waals surface area contributed by atoms with Crippen LogP contribution in [0, 0.1) is 5.92 Å². The van der Waals surface area contributed by atoms with Gasteiger partial charge >= 0.3 is 6.09 Å². The van der Waals surface area contributed by atoms with Crippen molar-refractivity contribution in [3.05, 3.63) is 66.5 Å². The lowest BCUT2D eigenvalue weighted by atomic mass is 9.79. The van der Waals surface area contributed by atoms with Gasteiger partial charge in [-0.15, -0.1) is 0 Å². The van der Waals surface area contributed by atoms with E-state index in [1.165, 1.54) is 4.57 Å². The highest BCUT2D eigenvalue weighted by Crippen LogP contribution is 2.39. The zero-order chi connectivity index (χ0) is 27.1. The molecule has 10 heteroatoms. The summed E-state index contributed by atoms with van der Waals surface area (Å²) in [6, 6.07) is 7.19. The van der Waals surface area contributed by atoms with E-state index in [4.69, 9.17) is 27.9 Å². The van der Waals surface area contributed by atoms with Gasteiger partial charge in [0.2, 0.25) is 5.91 Å². The predicted molar refractivity (Wildman–Crippen MR) is 148 cm³/mol. The highest BCUT2D eigenvalue weighted by atomic mass is 79.9. The van der Waals surface area contributed by atoms with E-state index in [0.717, 1.165) is 28.4 Å². The molecule has 1 aliphatic carbocycles. The number of aromatic nitrogens is 1. The number of hydrogen-bond acceptors (Lipinski definition) is 4. The van der Waals surface area contributed by atoms with Gasteiger partial charge in [-0.2, -0.15) is 0 Å². The maximum atomic E-state index is 14.2. The number of amides is 2. The largest absolute Gasteiger partial charge is 0.444 e. The van der Waals surface area contributed by atoms with Crippen LogP contribution in [0.25, 0.3) is 0 Å². The molecule has 200 valence electrons. The summed E-state index contributed by atoms with van der Waals surface area (Å²) in [4.78, 5) is 43.1. The minimum Gasteiger partial charge on any atom is -0.444 e. The number of ether oxygens (including phenoxy) is 1. The maximum absolute atomic E-state index is 14.2. The Morgan fingerprint density at radius 1 is 1.16 bits per heavy atom. The molecule has 0 spiro atoms. The normalized spacial score (nSPS) is 20.0. The molecule has 2 aromatic rings. The molecule has 7 nitrogen and oxygen atoms in total. The third-order valence-electron chi connectivity index (χ3n) is 6.82. The zero-order valence-corrected chi connectivity index (χ0v) is 24.6. The fourth-order valence-corrected chi connectivity index (χ4v) is 5.83. The number of benzene rings is 1. The predicted octanol–water partition coefficient (Wildman–Crippen LogP) is 5.99. The Morgan fingerprint density at radius 3 is 2.49 bits per heavy atom. The van der Waals surface area contributed by atoms with Crippen molar-refractivity contribution >= 4 is 51.1 Å². The van der Waals surface area contributed by atoms with Crippen LogP contribution in [0.15, 0.2) is 39.7 Å². The summed E-state index contributed by atoms with van der Waals surface area (Å²) in [7, 11) is 1.70. The van der Waals surface area contributed by atoms with E-state index in [1.807, 2.05) is 37.8 Å². The van der Waals surface area contributed by atoms with Gasteiger partial charge in [-0.1, -0.05) is 39.1 Å². The van der Waals surface area contributed by atoms with Crippen molar-refractivity contribution in [2.75, 3.05) is 13.1 Å². The fourth-order valence-electron chi connectivity index (χ4n) is 4.78. The summed E-state index contributed by atoms with van der Waals surface area (Å²) in [5.41, 5.74) is 0.791. The number of rotatable bonds is 5. The van der Waals surface area contributed by atoms with Gasteiger partial charge < -0.3 is 19.1 Å². The summed E-state index contributed by atoms with van der Waals surface area (Å²) < 4.78 is 7.90. The van der Waals surface area contributed by atoms with E-state index in [1.54, 1.807) is 30.3 Å². The first-order valence-electron chi connectivity index (χ1n) is 12.4. The Morgan fingerprint density at radius 2 is 1.86 bits per heavy atom. The molecule has 2 atom stereocenters.